The standard InChI is InChI=1S/C34H35BrF2N6O2/c35-25-5-1-4-19-12-22(44)13-23(27(19)25)29-28(36)30-24(14-38-29)31(42-15-20-7-8-21(16-42)39-20)41-32(40-30)45-18-33-9-3-11-43(33)26-6-2-10-34(26,37)17-33/h1,4-5,12-14,20-21,26,39,44H,2-3,6-11,15-18H2/t20?,21?,26-,33+,34+/m1/s1. The number of pyridine rings is 1. The first-order valence-electron chi connectivity index (χ1n) is 16.2. The van der Waals surface area contributed by atoms with Crippen LogP contribution in [0, 0.1) is 5.82 Å². The van der Waals surface area contributed by atoms with Crippen molar-refractivity contribution < 1.29 is 18.6 Å². The third-order valence-electron chi connectivity index (χ3n) is 11.1. The van der Waals surface area contributed by atoms with Crippen molar-refractivity contribution in [2.45, 2.75) is 80.7 Å². The van der Waals surface area contributed by atoms with Crippen LogP contribution < -0.4 is 15.0 Å². The lowest BCUT2D eigenvalue weighted by atomic mass is 9.88. The van der Waals surface area contributed by atoms with E-state index in [9.17, 15) is 5.11 Å². The molecule has 8 nitrogen and oxygen atoms in total. The molecular weight excluding hydrogens is 642 g/mol. The number of aromatic nitrogens is 3. The third-order valence-corrected chi connectivity index (χ3v) is 11.8. The lowest BCUT2D eigenvalue weighted by molar-refractivity contribution is 0.0811. The van der Waals surface area contributed by atoms with Gasteiger partial charge in [0.1, 0.15) is 35.1 Å². The lowest BCUT2D eigenvalue weighted by Gasteiger charge is -2.35. The summed E-state index contributed by atoms with van der Waals surface area (Å²) >= 11 is 3.61. The summed E-state index contributed by atoms with van der Waals surface area (Å²) in [5.41, 5.74) is -0.868. The van der Waals surface area contributed by atoms with Crippen molar-refractivity contribution in [3.8, 4) is 23.0 Å². The molecule has 2 aromatic heterocycles. The number of aromatic hydroxyl groups is 1. The highest BCUT2D eigenvalue weighted by Crippen LogP contribution is 2.55. The molecule has 45 heavy (non-hydrogen) atoms. The Morgan fingerprint density at radius 1 is 1.09 bits per heavy atom. The Kier molecular flexibility index (Phi) is 6.35. The van der Waals surface area contributed by atoms with E-state index in [2.05, 4.69) is 41.0 Å². The number of nitrogens with zero attached hydrogens (tertiary/aromatic N) is 5. The van der Waals surface area contributed by atoms with Crippen LogP contribution >= 0.6 is 15.9 Å². The number of benzene rings is 2. The van der Waals surface area contributed by atoms with E-state index in [0.29, 0.717) is 41.7 Å². The first kappa shape index (κ1) is 28.1. The molecule has 2 unspecified atom stereocenters. The van der Waals surface area contributed by atoms with Crippen molar-refractivity contribution in [1.82, 2.24) is 25.2 Å². The molecule has 1 aliphatic carbocycles. The van der Waals surface area contributed by atoms with Crippen molar-refractivity contribution in [3.05, 3.63) is 46.8 Å². The number of piperazine rings is 1. The van der Waals surface area contributed by atoms with Crippen LogP contribution in [0.25, 0.3) is 32.9 Å². The van der Waals surface area contributed by atoms with Crippen molar-refractivity contribution >= 4 is 43.4 Å². The van der Waals surface area contributed by atoms with Crippen molar-refractivity contribution in [3.63, 3.8) is 0 Å². The number of halogens is 3. The van der Waals surface area contributed by atoms with E-state index in [1.165, 1.54) is 6.07 Å². The Morgan fingerprint density at radius 2 is 1.93 bits per heavy atom. The van der Waals surface area contributed by atoms with E-state index in [0.717, 1.165) is 73.4 Å². The zero-order valence-electron chi connectivity index (χ0n) is 24.9. The lowest BCUT2D eigenvalue weighted by Crippen LogP contribution is -2.51. The maximum absolute atomic E-state index is 16.8. The Hall–Kier alpha value is -3.15. The number of fused-ring (bicyclic) bond motifs is 7. The molecule has 1 saturated carbocycles. The van der Waals surface area contributed by atoms with Gasteiger partial charge in [0.05, 0.1) is 10.9 Å². The van der Waals surface area contributed by atoms with E-state index in [4.69, 9.17) is 9.72 Å². The van der Waals surface area contributed by atoms with E-state index in [-0.39, 0.29) is 41.2 Å². The van der Waals surface area contributed by atoms with Crippen molar-refractivity contribution in [1.29, 1.82) is 0 Å². The maximum atomic E-state index is 16.8. The zero-order chi connectivity index (χ0) is 30.5. The molecule has 5 atom stereocenters. The molecule has 4 aromatic rings. The molecule has 4 saturated heterocycles. The smallest absolute Gasteiger partial charge is 0.319 e. The highest BCUT2D eigenvalue weighted by atomic mass is 79.9. The van der Waals surface area contributed by atoms with Gasteiger partial charge >= 0.3 is 6.01 Å². The molecule has 4 aliphatic heterocycles. The van der Waals surface area contributed by atoms with Crippen molar-refractivity contribution in [2.24, 2.45) is 0 Å². The van der Waals surface area contributed by atoms with Crippen molar-refractivity contribution in [2.75, 3.05) is 31.1 Å². The molecule has 2 bridgehead atoms. The Balaban J connectivity index is 1.15. The van der Waals surface area contributed by atoms with E-state index in [1.807, 2.05) is 18.2 Å². The predicted octanol–water partition coefficient (Wildman–Crippen LogP) is 6.27. The summed E-state index contributed by atoms with van der Waals surface area (Å²) in [5, 5.41) is 16.2. The van der Waals surface area contributed by atoms with Gasteiger partial charge in [-0.15, -0.1) is 0 Å². The van der Waals surface area contributed by atoms with Gasteiger partial charge in [-0.1, -0.05) is 28.1 Å². The molecule has 0 amide bonds. The summed E-state index contributed by atoms with van der Waals surface area (Å²) in [4.78, 5) is 18.8. The Bertz CT molecular complexity index is 1850. The molecule has 2 N–H and O–H groups in total. The molecule has 0 spiro atoms. The SMILES string of the molecule is Oc1cc(-c2ncc3c(N4CC5CCC(C4)N5)nc(OC[C@@]45CCCN4[C@@H]4CCC[C@]4(F)C5)nc3c2F)c2c(Br)cccc2c1. The van der Waals surface area contributed by atoms with Crippen LogP contribution in [-0.4, -0.2) is 80.5 Å². The van der Waals surface area contributed by atoms with Gasteiger partial charge < -0.3 is 20.1 Å². The van der Waals surface area contributed by atoms with Crippen LogP contribution in [0.5, 0.6) is 11.8 Å². The summed E-state index contributed by atoms with van der Waals surface area (Å²) in [6.07, 6.45) is 8.61. The van der Waals surface area contributed by atoms with Gasteiger partial charge in [-0.3, -0.25) is 9.88 Å². The number of phenolic OH excluding ortho intramolecular Hbond substituents is 1. The van der Waals surface area contributed by atoms with Gasteiger partial charge in [0.25, 0.3) is 0 Å². The first-order valence-corrected chi connectivity index (χ1v) is 17.0. The topological polar surface area (TPSA) is 86.6 Å². The molecule has 11 heteroatoms. The Labute approximate surface area is 268 Å². The minimum atomic E-state index is -1.16. The normalized spacial score (nSPS) is 30.8. The van der Waals surface area contributed by atoms with Crippen LogP contribution in [-0.2, 0) is 0 Å². The molecule has 0 radical (unpaired) electrons. The minimum Gasteiger partial charge on any atom is -0.508 e. The highest BCUT2D eigenvalue weighted by Gasteiger charge is 2.63. The number of anilines is 1. The number of nitrogens with one attached hydrogen (secondary N) is 1. The van der Waals surface area contributed by atoms with E-state index < -0.39 is 11.5 Å². The van der Waals surface area contributed by atoms with Gasteiger partial charge in [-0.2, -0.15) is 9.97 Å². The fourth-order valence-electron chi connectivity index (χ4n) is 9.28. The van der Waals surface area contributed by atoms with Gasteiger partial charge in [0, 0.05) is 59.3 Å². The molecular formula is C34H35BrF2N6O2. The van der Waals surface area contributed by atoms with E-state index in [1.54, 1.807) is 12.3 Å². The Morgan fingerprint density at radius 3 is 2.78 bits per heavy atom. The van der Waals surface area contributed by atoms with Crippen LogP contribution in [0.2, 0.25) is 0 Å². The third kappa shape index (κ3) is 4.36. The zero-order valence-corrected chi connectivity index (χ0v) is 26.5. The number of phenols is 1. The highest BCUT2D eigenvalue weighted by molar-refractivity contribution is 9.10. The molecule has 6 heterocycles. The summed E-state index contributed by atoms with van der Waals surface area (Å²) < 4.78 is 40.0. The molecule has 5 aliphatic rings. The van der Waals surface area contributed by atoms with Crippen LogP contribution in [0.4, 0.5) is 14.6 Å². The monoisotopic (exact) mass is 676 g/mol. The van der Waals surface area contributed by atoms with Gasteiger partial charge in [-0.25, -0.2) is 8.78 Å². The second-order valence-electron chi connectivity index (χ2n) is 13.8. The second-order valence-corrected chi connectivity index (χ2v) is 14.7. The summed E-state index contributed by atoms with van der Waals surface area (Å²) in [7, 11) is 0. The largest absolute Gasteiger partial charge is 0.508 e. The van der Waals surface area contributed by atoms with Crippen LogP contribution in [0.3, 0.4) is 0 Å². The fourth-order valence-corrected chi connectivity index (χ4v) is 9.88. The second kappa shape index (κ2) is 10.2. The number of alkyl halides is 1. The van der Waals surface area contributed by atoms with Gasteiger partial charge in [0.15, 0.2) is 5.82 Å². The maximum Gasteiger partial charge on any atom is 0.319 e. The van der Waals surface area contributed by atoms with Crippen LogP contribution in [0.1, 0.15) is 51.4 Å². The average Bonchev–Trinajstić information content (AvgIpc) is 3.74. The summed E-state index contributed by atoms with van der Waals surface area (Å²) in [5.74, 6) is 0.0350. The molecule has 2 aromatic carbocycles. The van der Waals surface area contributed by atoms with Gasteiger partial charge in [0.2, 0.25) is 0 Å². The summed E-state index contributed by atoms with van der Waals surface area (Å²) in [6, 6.07) is 9.56. The average molecular weight is 678 g/mol. The number of hydrogen-bond acceptors (Lipinski definition) is 8. The van der Waals surface area contributed by atoms with Gasteiger partial charge in [-0.05, 0) is 75.1 Å². The fraction of sp³-hybridized carbons (Fsp3) is 0.500. The molecule has 5 fully saturated rings. The number of ether oxygens (including phenoxy) is 1. The molecule has 9 rings (SSSR count). The first-order chi connectivity index (χ1) is 21.8. The number of hydrogen-bond donors (Lipinski definition) is 2. The molecule has 234 valence electrons. The minimum absolute atomic E-state index is 0.0212. The van der Waals surface area contributed by atoms with E-state index >= 15 is 8.78 Å². The predicted molar refractivity (Wildman–Crippen MR) is 172 cm³/mol. The quantitative estimate of drug-likeness (QED) is 0.256. The number of rotatable bonds is 5. The van der Waals surface area contributed by atoms with Crippen LogP contribution in [0.15, 0.2) is 41.0 Å². The summed E-state index contributed by atoms with van der Waals surface area (Å²) in [6.45, 7) is 2.65.